The Balaban J connectivity index is 1.77. The van der Waals surface area contributed by atoms with Gasteiger partial charge in [-0.05, 0) is 80.1 Å². The fourth-order valence-corrected chi connectivity index (χ4v) is 5.10. The molecule has 2 aromatic carbocycles. The molecule has 0 atom stereocenters. The predicted molar refractivity (Wildman–Crippen MR) is 107 cm³/mol. The molecule has 2 aliphatic rings. The Morgan fingerprint density at radius 3 is 2.62 bits per heavy atom. The molecule has 0 radical (unpaired) electrons. The lowest BCUT2D eigenvalue weighted by atomic mass is 9.98. The molecular formula is C23H26N2O. The molecule has 0 amide bonds. The summed E-state index contributed by atoms with van der Waals surface area (Å²) in [5.74, 6) is 0.322. The van der Waals surface area contributed by atoms with E-state index < -0.39 is 0 Å². The maximum atomic E-state index is 12.3. The Bertz CT molecular complexity index is 1030. The fourth-order valence-electron chi connectivity index (χ4n) is 5.10. The number of fused-ring (bicyclic) bond motifs is 7. The number of carbonyl (C=O) groups is 1. The maximum Gasteiger partial charge on any atom is 0.163 e. The molecule has 0 fully saturated rings. The first kappa shape index (κ1) is 16.1. The minimum atomic E-state index is 0.322. The summed E-state index contributed by atoms with van der Waals surface area (Å²) in [7, 11) is 0. The zero-order valence-electron chi connectivity index (χ0n) is 15.5. The minimum absolute atomic E-state index is 0.322. The Hall–Kier alpha value is -2.13. The number of hydrogen-bond acceptors (Lipinski definition) is 2. The van der Waals surface area contributed by atoms with Crippen LogP contribution in [0.15, 0.2) is 24.3 Å². The summed E-state index contributed by atoms with van der Waals surface area (Å²) in [6.45, 7) is 5.25. The second kappa shape index (κ2) is 6.24. The van der Waals surface area contributed by atoms with E-state index in [4.69, 9.17) is 0 Å². The zero-order chi connectivity index (χ0) is 17.7. The van der Waals surface area contributed by atoms with Gasteiger partial charge in [0.05, 0.1) is 0 Å². The second-order valence-electron chi connectivity index (χ2n) is 7.72. The number of rotatable bonds is 5. The van der Waals surface area contributed by atoms with Gasteiger partial charge in [0.2, 0.25) is 0 Å². The van der Waals surface area contributed by atoms with Crippen molar-refractivity contribution in [1.82, 2.24) is 9.88 Å². The van der Waals surface area contributed by atoms with Gasteiger partial charge in [-0.2, -0.15) is 0 Å². The van der Waals surface area contributed by atoms with Gasteiger partial charge in [-0.3, -0.25) is 4.79 Å². The Kier molecular flexibility index (Phi) is 3.86. The predicted octanol–water partition coefficient (Wildman–Crippen LogP) is 4.41. The highest BCUT2D eigenvalue weighted by molar-refractivity contribution is 6.16. The summed E-state index contributed by atoms with van der Waals surface area (Å²) >= 11 is 0. The Morgan fingerprint density at radius 2 is 1.77 bits per heavy atom. The Labute approximate surface area is 154 Å². The van der Waals surface area contributed by atoms with Gasteiger partial charge in [0.25, 0.3) is 0 Å². The van der Waals surface area contributed by atoms with Crippen LogP contribution in [0.4, 0.5) is 0 Å². The van der Waals surface area contributed by atoms with Crippen molar-refractivity contribution in [2.75, 3.05) is 13.1 Å². The number of Topliss-reactive ketones (excluding diaryl/α,β-unsaturated/α-hetero) is 1. The molecule has 3 nitrogen and oxygen atoms in total. The first-order valence-corrected chi connectivity index (χ1v) is 10.1. The molecule has 1 N–H and O–H groups in total. The topological polar surface area (TPSA) is 34.0 Å². The second-order valence-corrected chi connectivity index (χ2v) is 7.72. The number of nitrogens with one attached hydrogen (secondary N) is 1. The highest BCUT2D eigenvalue weighted by Gasteiger charge is 2.27. The van der Waals surface area contributed by atoms with Crippen molar-refractivity contribution in [3.63, 3.8) is 0 Å². The van der Waals surface area contributed by atoms with Crippen LogP contribution in [-0.4, -0.2) is 23.4 Å². The van der Waals surface area contributed by atoms with Crippen molar-refractivity contribution in [3.05, 3.63) is 46.5 Å². The van der Waals surface area contributed by atoms with Gasteiger partial charge in [-0.25, -0.2) is 0 Å². The molecule has 0 spiro atoms. The largest absolute Gasteiger partial charge is 0.340 e. The lowest BCUT2D eigenvalue weighted by Crippen LogP contribution is -2.15. The highest BCUT2D eigenvalue weighted by Crippen LogP contribution is 2.41. The quantitative estimate of drug-likeness (QED) is 0.694. The van der Waals surface area contributed by atoms with Gasteiger partial charge < -0.3 is 9.88 Å². The number of ketones is 1. The third kappa shape index (κ3) is 2.26. The van der Waals surface area contributed by atoms with Crippen LogP contribution in [0.3, 0.4) is 0 Å². The summed E-state index contributed by atoms with van der Waals surface area (Å²) in [5.41, 5.74) is 8.04. The number of benzene rings is 2. The van der Waals surface area contributed by atoms with Gasteiger partial charge in [0.15, 0.2) is 5.78 Å². The molecule has 3 heteroatoms. The average Bonchev–Trinajstić information content (AvgIpc) is 3.34. The molecular weight excluding hydrogens is 320 g/mol. The molecule has 26 heavy (non-hydrogen) atoms. The zero-order valence-corrected chi connectivity index (χ0v) is 15.5. The van der Waals surface area contributed by atoms with Crippen LogP contribution < -0.4 is 5.32 Å². The molecule has 1 heterocycles. The van der Waals surface area contributed by atoms with Crippen LogP contribution in [0.5, 0.6) is 0 Å². The number of carbonyl (C=O) groups excluding carboxylic acids is 1. The van der Waals surface area contributed by atoms with Crippen LogP contribution in [0.1, 0.15) is 53.2 Å². The van der Waals surface area contributed by atoms with Gasteiger partial charge in [0.1, 0.15) is 0 Å². The summed E-state index contributed by atoms with van der Waals surface area (Å²) in [6.07, 6.45) is 6.35. The number of aryl methyl sites for hydroxylation is 4. The summed E-state index contributed by atoms with van der Waals surface area (Å²) < 4.78 is 2.50. The van der Waals surface area contributed by atoms with E-state index in [-0.39, 0.29) is 0 Å². The number of hydrogen-bond donors (Lipinski definition) is 1. The normalized spacial score (nSPS) is 16.0. The van der Waals surface area contributed by atoms with Gasteiger partial charge in [0, 0.05) is 40.3 Å². The number of nitrogens with zero attached hydrogens (tertiary/aromatic N) is 1. The van der Waals surface area contributed by atoms with Crippen molar-refractivity contribution < 1.29 is 4.79 Å². The molecule has 3 aromatic rings. The lowest BCUT2D eigenvalue weighted by Gasteiger charge is -2.09. The van der Waals surface area contributed by atoms with Gasteiger partial charge >= 0.3 is 0 Å². The molecule has 0 aliphatic heterocycles. The van der Waals surface area contributed by atoms with E-state index in [1.54, 1.807) is 5.56 Å². The van der Waals surface area contributed by atoms with E-state index >= 15 is 0 Å². The first-order valence-electron chi connectivity index (χ1n) is 10.1. The molecule has 0 saturated carbocycles. The standard InChI is InChI=1S/C23H26N2O/c1-2-24-13-4-14-25-19-10-7-15-5-3-6-16(15)22(19)23-18-9-12-21(26)17(18)8-11-20(23)25/h7-8,10-11,24H,2-6,9,12-14H2,1H3. The molecule has 0 bridgehead atoms. The van der Waals surface area contributed by atoms with Crippen molar-refractivity contribution in [1.29, 1.82) is 0 Å². The first-order chi connectivity index (χ1) is 12.8. The summed E-state index contributed by atoms with van der Waals surface area (Å²) in [5, 5.41) is 6.27. The van der Waals surface area contributed by atoms with Crippen molar-refractivity contribution >= 4 is 27.6 Å². The molecule has 0 saturated heterocycles. The monoisotopic (exact) mass is 346 g/mol. The van der Waals surface area contributed by atoms with E-state index in [0.717, 1.165) is 38.0 Å². The van der Waals surface area contributed by atoms with E-state index in [0.29, 0.717) is 12.2 Å². The fraction of sp³-hybridized carbons (Fsp3) is 0.435. The van der Waals surface area contributed by atoms with Crippen LogP contribution in [0.25, 0.3) is 21.8 Å². The SMILES string of the molecule is CCNCCCn1c2ccc3c(c2c2c4c(ccc21)C(=O)CC4)CCC3. The summed E-state index contributed by atoms with van der Waals surface area (Å²) in [4.78, 5) is 12.3. The van der Waals surface area contributed by atoms with Crippen LogP contribution in [0, 0.1) is 0 Å². The molecule has 1 aromatic heterocycles. The van der Waals surface area contributed by atoms with Crippen LogP contribution in [0.2, 0.25) is 0 Å². The summed E-state index contributed by atoms with van der Waals surface area (Å²) in [6, 6.07) is 8.95. The van der Waals surface area contributed by atoms with E-state index in [1.807, 2.05) is 0 Å². The third-order valence-corrected chi connectivity index (χ3v) is 6.27. The van der Waals surface area contributed by atoms with E-state index in [1.165, 1.54) is 52.2 Å². The van der Waals surface area contributed by atoms with Crippen molar-refractivity contribution in [2.45, 2.75) is 52.0 Å². The molecule has 5 rings (SSSR count). The molecule has 2 aliphatic carbocycles. The molecule has 0 unspecified atom stereocenters. The van der Waals surface area contributed by atoms with Crippen molar-refractivity contribution in [3.8, 4) is 0 Å². The van der Waals surface area contributed by atoms with Crippen LogP contribution >= 0.6 is 0 Å². The third-order valence-electron chi connectivity index (χ3n) is 6.27. The molecule has 134 valence electrons. The number of aromatic nitrogens is 1. The maximum absolute atomic E-state index is 12.3. The Morgan fingerprint density at radius 1 is 0.962 bits per heavy atom. The van der Waals surface area contributed by atoms with Gasteiger partial charge in [-0.15, -0.1) is 0 Å². The minimum Gasteiger partial charge on any atom is -0.340 e. The lowest BCUT2D eigenvalue weighted by molar-refractivity contribution is 0.0994. The van der Waals surface area contributed by atoms with E-state index in [2.05, 4.69) is 41.1 Å². The van der Waals surface area contributed by atoms with Crippen LogP contribution in [-0.2, 0) is 25.8 Å². The van der Waals surface area contributed by atoms with Gasteiger partial charge in [-0.1, -0.05) is 13.0 Å². The average molecular weight is 346 g/mol. The van der Waals surface area contributed by atoms with Crippen molar-refractivity contribution in [2.24, 2.45) is 0 Å². The smallest absolute Gasteiger partial charge is 0.163 e. The van der Waals surface area contributed by atoms with E-state index in [9.17, 15) is 4.79 Å². The highest BCUT2D eigenvalue weighted by atomic mass is 16.1.